The summed E-state index contributed by atoms with van der Waals surface area (Å²) in [6.07, 6.45) is 0. The first kappa shape index (κ1) is 21.0. The number of hydrogen-bond donors (Lipinski definition) is 0. The third kappa shape index (κ3) is 4.51. The summed E-state index contributed by atoms with van der Waals surface area (Å²) in [7, 11) is 1.65. The molecule has 0 aliphatic heterocycles. The maximum absolute atomic E-state index is 5.86. The zero-order chi connectivity index (χ0) is 22.6. The van der Waals surface area contributed by atoms with Crippen molar-refractivity contribution in [2.45, 2.75) is 17.8 Å². The number of methoxy groups -OCH3 is 1. The topological polar surface area (TPSA) is 78.9 Å². The highest BCUT2D eigenvalue weighted by molar-refractivity contribution is 7.98. The van der Waals surface area contributed by atoms with Crippen molar-refractivity contribution in [3.63, 3.8) is 0 Å². The molecule has 0 N–H and O–H groups in total. The first-order chi connectivity index (χ1) is 16.2. The van der Waals surface area contributed by atoms with Crippen molar-refractivity contribution in [2.75, 3.05) is 7.11 Å². The molecule has 0 radical (unpaired) electrons. The molecule has 0 aliphatic carbocycles. The summed E-state index contributed by atoms with van der Waals surface area (Å²) < 4.78 is 13.2. The van der Waals surface area contributed by atoms with Gasteiger partial charge in [-0.05, 0) is 55.5 Å². The van der Waals surface area contributed by atoms with Gasteiger partial charge in [0.1, 0.15) is 5.75 Å². The van der Waals surface area contributed by atoms with Crippen LogP contribution in [0.1, 0.15) is 11.5 Å². The summed E-state index contributed by atoms with van der Waals surface area (Å²) in [5.74, 6) is 3.06. The van der Waals surface area contributed by atoms with Gasteiger partial charge < -0.3 is 9.15 Å². The van der Waals surface area contributed by atoms with Crippen LogP contribution in [-0.4, -0.2) is 32.1 Å². The Morgan fingerprint density at radius 2 is 1.58 bits per heavy atom. The summed E-state index contributed by atoms with van der Waals surface area (Å²) in [6.45, 7) is 2.07. The lowest BCUT2D eigenvalue weighted by Gasteiger charge is -2.11. The SMILES string of the molecule is COc1ccc(-c2nnc(SCc3nnc(-c4ccccc4)o3)n2-c2ccc(C)cc2)cc1. The fraction of sp³-hybridized carbons (Fsp3) is 0.120. The normalized spacial score (nSPS) is 11.0. The predicted octanol–water partition coefficient (Wildman–Crippen LogP) is 5.59. The van der Waals surface area contributed by atoms with Crippen molar-refractivity contribution in [1.29, 1.82) is 0 Å². The van der Waals surface area contributed by atoms with Gasteiger partial charge in [0.15, 0.2) is 11.0 Å². The van der Waals surface area contributed by atoms with Crippen LogP contribution in [0.3, 0.4) is 0 Å². The molecular weight excluding hydrogens is 434 g/mol. The standard InChI is InChI=1S/C25H21N5O2S/c1-17-8-12-20(13-9-17)30-23(18-10-14-21(31-2)15-11-18)27-29-25(30)33-16-22-26-28-24(32-22)19-6-4-3-5-7-19/h3-15H,16H2,1-2H3. The minimum absolute atomic E-state index is 0.479. The summed E-state index contributed by atoms with van der Waals surface area (Å²) in [4.78, 5) is 0. The molecule has 0 bridgehead atoms. The van der Waals surface area contributed by atoms with Crippen LogP contribution >= 0.6 is 11.8 Å². The number of aryl methyl sites for hydroxylation is 1. The Morgan fingerprint density at radius 3 is 2.30 bits per heavy atom. The highest BCUT2D eigenvalue weighted by Crippen LogP contribution is 2.31. The third-order valence-corrected chi connectivity index (χ3v) is 6.00. The Labute approximate surface area is 195 Å². The van der Waals surface area contributed by atoms with Crippen molar-refractivity contribution in [3.8, 4) is 34.3 Å². The lowest BCUT2D eigenvalue weighted by Crippen LogP contribution is -2.00. The second-order valence-electron chi connectivity index (χ2n) is 7.36. The van der Waals surface area contributed by atoms with Gasteiger partial charge in [-0.25, -0.2) is 0 Å². The quantitative estimate of drug-likeness (QED) is 0.296. The maximum Gasteiger partial charge on any atom is 0.247 e. The summed E-state index contributed by atoms with van der Waals surface area (Å²) >= 11 is 1.50. The first-order valence-corrected chi connectivity index (χ1v) is 11.4. The molecule has 5 aromatic rings. The number of rotatable bonds is 7. The minimum Gasteiger partial charge on any atom is -0.497 e. The van der Waals surface area contributed by atoms with Crippen LogP contribution in [0.15, 0.2) is 88.4 Å². The van der Waals surface area contributed by atoms with Crippen LogP contribution < -0.4 is 4.74 Å². The van der Waals surface area contributed by atoms with E-state index in [-0.39, 0.29) is 0 Å². The molecule has 0 amide bonds. The largest absolute Gasteiger partial charge is 0.497 e. The van der Waals surface area contributed by atoms with E-state index in [4.69, 9.17) is 9.15 Å². The molecule has 0 aliphatic rings. The summed E-state index contributed by atoms with van der Waals surface area (Å²) in [6, 6.07) is 25.8. The van der Waals surface area contributed by atoms with E-state index in [1.165, 1.54) is 17.3 Å². The van der Waals surface area contributed by atoms with Gasteiger partial charge in [-0.1, -0.05) is 47.7 Å². The summed E-state index contributed by atoms with van der Waals surface area (Å²) in [5, 5.41) is 18.1. The summed E-state index contributed by atoms with van der Waals surface area (Å²) in [5.41, 5.74) is 4.01. The van der Waals surface area contributed by atoms with Gasteiger partial charge in [0, 0.05) is 16.8 Å². The van der Waals surface area contributed by atoms with Crippen LogP contribution in [0.5, 0.6) is 5.75 Å². The van der Waals surface area contributed by atoms with Crippen LogP contribution in [0, 0.1) is 6.92 Å². The number of aromatic nitrogens is 5. The van der Waals surface area contributed by atoms with Gasteiger partial charge in [-0.3, -0.25) is 4.57 Å². The Morgan fingerprint density at radius 1 is 0.818 bits per heavy atom. The van der Waals surface area contributed by atoms with E-state index in [9.17, 15) is 0 Å². The maximum atomic E-state index is 5.86. The van der Waals surface area contributed by atoms with Crippen molar-refractivity contribution in [1.82, 2.24) is 25.0 Å². The number of hydrogen-bond acceptors (Lipinski definition) is 7. The van der Waals surface area contributed by atoms with Gasteiger partial charge in [-0.2, -0.15) is 0 Å². The van der Waals surface area contributed by atoms with E-state index in [1.54, 1.807) is 7.11 Å². The molecule has 0 unspecified atom stereocenters. The molecule has 5 rings (SSSR count). The molecule has 0 spiro atoms. The highest BCUT2D eigenvalue weighted by atomic mass is 32.2. The van der Waals surface area contributed by atoms with Crippen molar-refractivity contribution in [3.05, 3.63) is 90.3 Å². The minimum atomic E-state index is 0.479. The van der Waals surface area contributed by atoms with Gasteiger partial charge in [0.2, 0.25) is 11.8 Å². The monoisotopic (exact) mass is 455 g/mol. The molecule has 0 atom stereocenters. The Hall–Kier alpha value is -3.91. The second kappa shape index (κ2) is 9.30. The number of ether oxygens (including phenoxy) is 1. The van der Waals surface area contributed by atoms with E-state index < -0.39 is 0 Å². The molecular formula is C25H21N5O2S. The predicted molar refractivity (Wildman–Crippen MR) is 127 cm³/mol. The van der Waals surface area contributed by atoms with E-state index in [2.05, 4.69) is 51.6 Å². The van der Waals surface area contributed by atoms with Gasteiger partial charge in [0.25, 0.3) is 0 Å². The van der Waals surface area contributed by atoms with Crippen molar-refractivity contribution in [2.24, 2.45) is 0 Å². The van der Waals surface area contributed by atoms with Crippen molar-refractivity contribution < 1.29 is 9.15 Å². The number of nitrogens with zero attached hydrogens (tertiary/aromatic N) is 5. The molecule has 8 heteroatoms. The molecule has 2 heterocycles. The molecule has 0 saturated carbocycles. The Balaban J connectivity index is 1.45. The first-order valence-electron chi connectivity index (χ1n) is 10.4. The zero-order valence-electron chi connectivity index (χ0n) is 18.2. The molecule has 0 saturated heterocycles. The van der Waals surface area contributed by atoms with E-state index >= 15 is 0 Å². The van der Waals surface area contributed by atoms with Gasteiger partial charge in [-0.15, -0.1) is 20.4 Å². The van der Waals surface area contributed by atoms with Crippen molar-refractivity contribution >= 4 is 11.8 Å². The van der Waals surface area contributed by atoms with Crippen LogP contribution in [0.25, 0.3) is 28.5 Å². The smallest absolute Gasteiger partial charge is 0.247 e. The van der Waals surface area contributed by atoms with Crippen LogP contribution in [0.2, 0.25) is 0 Å². The molecule has 3 aromatic carbocycles. The van der Waals surface area contributed by atoms with Gasteiger partial charge in [0.05, 0.1) is 12.9 Å². The molecule has 164 valence electrons. The Bertz CT molecular complexity index is 1350. The van der Waals surface area contributed by atoms with Crippen LogP contribution in [0.4, 0.5) is 0 Å². The fourth-order valence-electron chi connectivity index (χ4n) is 3.35. The lowest BCUT2D eigenvalue weighted by atomic mass is 10.2. The highest BCUT2D eigenvalue weighted by Gasteiger charge is 2.18. The van der Waals surface area contributed by atoms with E-state index in [0.29, 0.717) is 17.5 Å². The molecule has 2 aromatic heterocycles. The second-order valence-corrected chi connectivity index (χ2v) is 8.30. The fourth-order valence-corrected chi connectivity index (χ4v) is 4.14. The lowest BCUT2D eigenvalue weighted by molar-refractivity contribution is 0.415. The molecule has 0 fully saturated rings. The van der Waals surface area contributed by atoms with Crippen LogP contribution in [-0.2, 0) is 5.75 Å². The average Bonchev–Trinajstić information content (AvgIpc) is 3.51. The third-order valence-electron chi connectivity index (χ3n) is 5.09. The molecule has 33 heavy (non-hydrogen) atoms. The number of thioether (sulfide) groups is 1. The Kier molecular flexibility index (Phi) is 5.91. The average molecular weight is 456 g/mol. The van der Waals surface area contributed by atoms with E-state index in [1.807, 2.05) is 59.2 Å². The van der Waals surface area contributed by atoms with Gasteiger partial charge >= 0.3 is 0 Å². The molecule has 7 nitrogen and oxygen atoms in total. The van der Waals surface area contributed by atoms with E-state index in [0.717, 1.165) is 33.5 Å². The number of benzene rings is 3. The zero-order valence-corrected chi connectivity index (χ0v) is 19.0.